The van der Waals surface area contributed by atoms with Crippen molar-refractivity contribution in [3.05, 3.63) is 59.7 Å². The van der Waals surface area contributed by atoms with E-state index in [4.69, 9.17) is 4.74 Å². The van der Waals surface area contributed by atoms with E-state index in [2.05, 4.69) is 10.6 Å². The number of hydrogen-bond acceptors (Lipinski definition) is 3. The predicted molar refractivity (Wildman–Crippen MR) is 113 cm³/mol. The Bertz CT molecular complexity index is 858. The fourth-order valence-electron chi connectivity index (χ4n) is 4.18. The second-order valence-electron chi connectivity index (χ2n) is 8.05. The zero-order valence-corrected chi connectivity index (χ0v) is 16.7. The summed E-state index contributed by atoms with van der Waals surface area (Å²) in [6.07, 6.45) is 7.70. The van der Waals surface area contributed by atoms with Crippen LogP contribution in [0.4, 0.5) is 5.69 Å². The van der Waals surface area contributed by atoms with Crippen LogP contribution in [0, 0.1) is 5.92 Å². The number of carbonyl (C=O) groups is 2. The van der Waals surface area contributed by atoms with E-state index in [1.807, 2.05) is 36.4 Å². The maximum absolute atomic E-state index is 12.8. The van der Waals surface area contributed by atoms with Crippen molar-refractivity contribution in [2.45, 2.75) is 51.0 Å². The van der Waals surface area contributed by atoms with Crippen LogP contribution < -0.4 is 15.4 Å². The van der Waals surface area contributed by atoms with Gasteiger partial charge in [-0.25, -0.2) is 0 Å². The summed E-state index contributed by atoms with van der Waals surface area (Å²) in [4.78, 5) is 25.2. The number of anilines is 1. The largest absolute Gasteiger partial charge is 0.492 e. The molecule has 0 saturated heterocycles. The number of benzene rings is 2. The van der Waals surface area contributed by atoms with Gasteiger partial charge in [0.25, 0.3) is 5.91 Å². The van der Waals surface area contributed by atoms with Crippen LogP contribution in [0.5, 0.6) is 5.75 Å². The van der Waals surface area contributed by atoms with Crippen LogP contribution in [-0.2, 0) is 11.2 Å². The van der Waals surface area contributed by atoms with E-state index in [9.17, 15) is 9.59 Å². The van der Waals surface area contributed by atoms with Gasteiger partial charge in [-0.1, -0.05) is 43.9 Å². The second-order valence-corrected chi connectivity index (χ2v) is 8.05. The number of amides is 2. The highest BCUT2D eigenvalue weighted by Gasteiger charge is 2.28. The Hall–Kier alpha value is -2.82. The third-order valence-electron chi connectivity index (χ3n) is 5.83. The first-order chi connectivity index (χ1) is 14.2. The molecule has 2 aliphatic rings. The van der Waals surface area contributed by atoms with Crippen LogP contribution in [0.3, 0.4) is 0 Å². The lowest BCUT2D eigenvalue weighted by atomic mass is 9.95. The zero-order valence-electron chi connectivity index (χ0n) is 16.7. The van der Waals surface area contributed by atoms with Crippen molar-refractivity contribution in [3.8, 4) is 5.75 Å². The summed E-state index contributed by atoms with van der Waals surface area (Å²) in [7, 11) is 0. The molecule has 0 radical (unpaired) electrons. The number of fused-ring (bicyclic) bond motifs is 1. The van der Waals surface area contributed by atoms with Crippen molar-refractivity contribution in [3.63, 3.8) is 0 Å². The fraction of sp³-hybridized carbons (Fsp3) is 0.417. The van der Waals surface area contributed by atoms with E-state index in [1.54, 1.807) is 12.1 Å². The van der Waals surface area contributed by atoms with Gasteiger partial charge in [0, 0.05) is 17.3 Å². The molecule has 1 aliphatic carbocycles. The normalized spacial score (nSPS) is 19.4. The predicted octanol–water partition coefficient (Wildman–Crippen LogP) is 4.33. The second kappa shape index (κ2) is 9.12. The Labute approximate surface area is 171 Å². The Morgan fingerprint density at radius 2 is 1.69 bits per heavy atom. The Balaban J connectivity index is 1.39. The maximum Gasteiger partial charge on any atom is 0.255 e. The van der Waals surface area contributed by atoms with Crippen LogP contribution in [0.25, 0.3) is 0 Å². The van der Waals surface area contributed by atoms with Gasteiger partial charge in [-0.3, -0.25) is 9.59 Å². The summed E-state index contributed by atoms with van der Waals surface area (Å²) in [5, 5.41) is 6.17. The Kier molecular flexibility index (Phi) is 6.13. The van der Waals surface area contributed by atoms with Gasteiger partial charge in [0.15, 0.2) is 0 Å². The van der Waals surface area contributed by atoms with E-state index in [1.165, 1.54) is 25.7 Å². The highest BCUT2D eigenvalue weighted by molar-refractivity contribution is 6.04. The highest BCUT2D eigenvalue weighted by atomic mass is 16.5. The lowest BCUT2D eigenvalue weighted by Gasteiger charge is -2.27. The van der Waals surface area contributed by atoms with Gasteiger partial charge in [0.05, 0.1) is 5.92 Å². The van der Waals surface area contributed by atoms with Crippen molar-refractivity contribution < 1.29 is 14.3 Å². The molecule has 1 heterocycles. The number of ether oxygens (including phenoxy) is 1. The van der Waals surface area contributed by atoms with E-state index >= 15 is 0 Å². The summed E-state index contributed by atoms with van der Waals surface area (Å²) in [5.74, 6) is 0.540. The molecule has 1 unspecified atom stereocenters. The maximum atomic E-state index is 12.8. The molecular weight excluding hydrogens is 364 g/mol. The number of hydrogen-bond donors (Lipinski definition) is 2. The molecule has 1 fully saturated rings. The Morgan fingerprint density at radius 3 is 2.45 bits per heavy atom. The molecule has 2 amide bonds. The average Bonchev–Trinajstić information content (AvgIpc) is 3.02. The minimum absolute atomic E-state index is 0.0845. The van der Waals surface area contributed by atoms with Crippen molar-refractivity contribution in [2.75, 3.05) is 11.9 Å². The summed E-state index contributed by atoms with van der Waals surface area (Å²) in [5.41, 5.74) is 2.29. The van der Waals surface area contributed by atoms with E-state index in [0.29, 0.717) is 30.3 Å². The number of nitrogens with one attached hydrogen (secondary N) is 2. The van der Waals surface area contributed by atoms with E-state index in [0.717, 1.165) is 24.2 Å². The van der Waals surface area contributed by atoms with Crippen LogP contribution in [0.2, 0.25) is 0 Å². The molecule has 0 spiro atoms. The van der Waals surface area contributed by atoms with Gasteiger partial charge >= 0.3 is 0 Å². The van der Waals surface area contributed by atoms with Gasteiger partial charge in [-0.15, -0.1) is 0 Å². The van der Waals surface area contributed by atoms with Gasteiger partial charge in [-0.05, 0) is 55.2 Å². The first-order valence-electron chi connectivity index (χ1n) is 10.6. The van der Waals surface area contributed by atoms with E-state index < -0.39 is 0 Å². The molecule has 2 aromatic carbocycles. The highest BCUT2D eigenvalue weighted by Crippen LogP contribution is 2.30. The molecule has 1 atom stereocenters. The molecule has 2 aromatic rings. The fourth-order valence-corrected chi connectivity index (χ4v) is 4.18. The first-order valence-corrected chi connectivity index (χ1v) is 10.6. The summed E-state index contributed by atoms with van der Waals surface area (Å²) < 4.78 is 5.84. The van der Waals surface area contributed by atoms with Crippen LogP contribution in [0.15, 0.2) is 48.5 Å². The first kappa shape index (κ1) is 19.5. The molecule has 5 nitrogen and oxygen atoms in total. The molecule has 1 saturated carbocycles. The summed E-state index contributed by atoms with van der Waals surface area (Å²) >= 11 is 0. The molecule has 5 heteroatoms. The van der Waals surface area contributed by atoms with Gasteiger partial charge in [0.1, 0.15) is 12.4 Å². The molecule has 1 aliphatic heterocycles. The van der Waals surface area contributed by atoms with Gasteiger partial charge in [0.2, 0.25) is 5.91 Å². The SMILES string of the molecule is O=C(Nc1ccc2c(c1)CC(C(=O)NC1CCCCCC1)CO2)c1ccccc1. The van der Waals surface area contributed by atoms with Gasteiger partial charge < -0.3 is 15.4 Å². The molecule has 29 heavy (non-hydrogen) atoms. The van der Waals surface area contributed by atoms with Crippen molar-refractivity contribution in [1.82, 2.24) is 5.32 Å². The van der Waals surface area contributed by atoms with Crippen molar-refractivity contribution in [2.24, 2.45) is 5.92 Å². The van der Waals surface area contributed by atoms with Crippen molar-refractivity contribution >= 4 is 17.5 Å². The smallest absolute Gasteiger partial charge is 0.255 e. The minimum Gasteiger partial charge on any atom is -0.492 e. The average molecular weight is 392 g/mol. The number of carbonyl (C=O) groups excluding carboxylic acids is 2. The van der Waals surface area contributed by atoms with Crippen LogP contribution in [-0.4, -0.2) is 24.5 Å². The molecular formula is C24H28N2O3. The lowest BCUT2D eigenvalue weighted by molar-refractivity contribution is -0.127. The van der Waals surface area contributed by atoms with Crippen molar-refractivity contribution in [1.29, 1.82) is 0 Å². The molecule has 0 bridgehead atoms. The lowest BCUT2D eigenvalue weighted by Crippen LogP contribution is -2.42. The third kappa shape index (κ3) is 4.97. The molecule has 4 rings (SSSR count). The monoisotopic (exact) mass is 392 g/mol. The van der Waals surface area contributed by atoms with Crippen LogP contribution >= 0.6 is 0 Å². The number of rotatable bonds is 4. The minimum atomic E-state index is -0.189. The zero-order chi connectivity index (χ0) is 20.1. The van der Waals surface area contributed by atoms with Gasteiger partial charge in [-0.2, -0.15) is 0 Å². The van der Waals surface area contributed by atoms with Crippen LogP contribution in [0.1, 0.15) is 54.4 Å². The summed E-state index contributed by atoms with van der Waals surface area (Å²) in [6.45, 7) is 0.404. The third-order valence-corrected chi connectivity index (χ3v) is 5.83. The quantitative estimate of drug-likeness (QED) is 0.761. The van der Waals surface area contributed by atoms with E-state index in [-0.39, 0.29) is 17.7 Å². The molecule has 152 valence electrons. The Morgan fingerprint density at radius 1 is 0.931 bits per heavy atom. The topological polar surface area (TPSA) is 67.4 Å². The summed E-state index contributed by atoms with van der Waals surface area (Å²) in [6, 6.07) is 15.0. The molecule has 0 aromatic heterocycles. The standard InChI is InChI=1S/C24H28N2O3/c27-23(17-8-4-3-5-9-17)26-21-12-13-22-18(15-21)14-19(16-29-22)24(28)25-20-10-6-1-2-7-11-20/h3-5,8-9,12-13,15,19-20H,1-2,6-7,10-11,14,16H2,(H,25,28)(H,26,27). The molecule has 2 N–H and O–H groups in total.